The van der Waals surface area contributed by atoms with Gasteiger partial charge in [0, 0.05) is 0 Å². The van der Waals surface area contributed by atoms with Crippen LogP contribution in [-0.4, -0.2) is 16.0 Å². The molecule has 0 aliphatic rings. The molecule has 3 aromatic carbocycles. The molecule has 2 unspecified atom stereocenters. The summed E-state index contributed by atoms with van der Waals surface area (Å²) in [5.74, 6) is -1.16. The zero-order chi connectivity index (χ0) is 20.2. The number of hydrogen-bond donors (Lipinski definition) is 3. The molecule has 0 spiro atoms. The van der Waals surface area contributed by atoms with Gasteiger partial charge in [-0.15, -0.1) is 0 Å². The van der Waals surface area contributed by atoms with Gasteiger partial charge in [-0.2, -0.15) is 0 Å². The largest absolute Gasteiger partial charge is 0.480 e. The highest BCUT2D eigenvalue weighted by molar-refractivity contribution is 7.55. The van der Waals surface area contributed by atoms with Gasteiger partial charge in [0.05, 0.1) is 6.16 Å². The van der Waals surface area contributed by atoms with Crippen molar-refractivity contribution >= 4 is 24.3 Å². The minimum Gasteiger partial charge on any atom is -0.480 e. The van der Waals surface area contributed by atoms with Crippen LogP contribution in [0.3, 0.4) is 0 Å². The molecule has 5 nitrogen and oxygen atoms in total. The number of carbonyl (C=O) groups is 1. The Bertz CT molecular complexity index is 1020. The summed E-state index contributed by atoms with van der Waals surface area (Å²) in [7, 11) is -3.98. The van der Waals surface area contributed by atoms with Gasteiger partial charge in [-0.3, -0.25) is 4.57 Å². The minimum absolute atomic E-state index is 0.139. The minimum atomic E-state index is -3.98. The lowest BCUT2D eigenvalue weighted by molar-refractivity contribution is -0.145. The van der Waals surface area contributed by atoms with E-state index in [1.807, 2.05) is 43.3 Å². The molecule has 0 amide bonds. The fourth-order valence-electron chi connectivity index (χ4n) is 3.54. The van der Waals surface area contributed by atoms with Gasteiger partial charge < -0.3 is 10.00 Å². The molecular weight excluding hydrogens is 373 g/mol. The molecule has 0 aromatic heterocycles. The SMILES string of the molecule is CCCC(NP(=O)(O)Cc1ccccc1)(C(=O)O)c1ccc2ccccc2c1. The number of carboxylic acid groups (broad SMARTS) is 1. The van der Waals surface area contributed by atoms with Crippen LogP contribution in [0.25, 0.3) is 10.8 Å². The van der Waals surface area contributed by atoms with E-state index in [9.17, 15) is 19.4 Å². The van der Waals surface area contributed by atoms with Crippen LogP contribution >= 0.6 is 7.52 Å². The number of hydrogen-bond acceptors (Lipinski definition) is 2. The fraction of sp³-hybridized carbons (Fsp3) is 0.227. The first-order valence-electron chi connectivity index (χ1n) is 9.24. The van der Waals surface area contributed by atoms with Crippen LogP contribution < -0.4 is 5.09 Å². The van der Waals surface area contributed by atoms with Crippen molar-refractivity contribution in [3.05, 3.63) is 83.9 Å². The zero-order valence-electron chi connectivity index (χ0n) is 15.7. The summed E-state index contributed by atoms with van der Waals surface area (Å²) in [5.41, 5.74) is -0.490. The number of carboxylic acids is 1. The predicted octanol–water partition coefficient (Wildman–Crippen LogP) is 4.90. The maximum absolute atomic E-state index is 13.0. The molecule has 0 fully saturated rings. The summed E-state index contributed by atoms with van der Waals surface area (Å²) < 4.78 is 13.0. The summed E-state index contributed by atoms with van der Waals surface area (Å²) in [6, 6.07) is 21.9. The lowest BCUT2D eigenvalue weighted by atomic mass is 9.85. The Labute approximate surface area is 164 Å². The van der Waals surface area contributed by atoms with Crippen molar-refractivity contribution in [2.45, 2.75) is 31.5 Å². The van der Waals surface area contributed by atoms with Crippen molar-refractivity contribution in [3.63, 3.8) is 0 Å². The molecule has 0 saturated carbocycles. The van der Waals surface area contributed by atoms with Gasteiger partial charge >= 0.3 is 5.97 Å². The molecule has 0 aliphatic carbocycles. The second kappa shape index (κ2) is 8.27. The molecule has 0 aliphatic heterocycles. The Balaban J connectivity index is 2.03. The number of aliphatic carboxylic acids is 1. The Hall–Kier alpha value is -2.46. The first-order valence-corrected chi connectivity index (χ1v) is 11.1. The second-order valence-electron chi connectivity index (χ2n) is 6.98. The van der Waals surface area contributed by atoms with E-state index >= 15 is 0 Å². The Morgan fingerprint density at radius 1 is 1.00 bits per heavy atom. The molecule has 3 rings (SSSR count). The van der Waals surface area contributed by atoms with Gasteiger partial charge in [0.2, 0.25) is 0 Å². The molecule has 0 saturated heterocycles. The summed E-state index contributed by atoms with van der Waals surface area (Å²) in [6.45, 7) is 1.86. The standard InChI is InChI=1S/C22H24NO4P/c1-2-14-22(21(24)25,20-13-12-18-10-6-7-11-19(18)15-20)23-28(26,27)16-17-8-4-3-5-9-17/h3-13,15H,2,14,16H2,1H3,(H,24,25)(H2,23,26,27). The molecule has 28 heavy (non-hydrogen) atoms. The van der Waals surface area contributed by atoms with E-state index in [1.54, 1.807) is 36.4 Å². The molecule has 3 N–H and O–H groups in total. The van der Waals surface area contributed by atoms with Crippen molar-refractivity contribution in [2.75, 3.05) is 0 Å². The summed E-state index contributed by atoms with van der Waals surface area (Å²) in [4.78, 5) is 23.0. The number of rotatable bonds is 8. The molecule has 0 radical (unpaired) electrons. The van der Waals surface area contributed by atoms with Crippen LogP contribution in [0.1, 0.15) is 30.9 Å². The highest BCUT2D eigenvalue weighted by Crippen LogP contribution is 2.46. The van der Waals surface area contributed by atoms with Gasteiger partial charge in [-0.25, -0.2) is 9.88 Å². The van der Waals surface area contributed by atoms with Gasteiger partial charge in [0.15, 0.2) is 0 Å². The van der Waals surface area contributed by atoms with Crippen molar-refractivity contribution < 1.29 is 19.4 Å². The maximum Gasteiger partial charge on any atom is 0.329 e. The van der Waals surface area contributed by atoms with E-state index in [0.717, 1.165) is 10.8 Å². The number of nitrogens with one attached hydrogen (secondary N) is 1. The molecule has 6 heteroatoms. The first kappa shape index (κ1) is 20.3. The third-order valence-electron chi connectivity index (χ3n) is 4.84. The average Bonchev–Trinajstić information content (AvgIpc) is 2.67. The lowest BCUT2D eigenvalue weighted by Gasteiger charge is -2.33. The van der Waals surface area contributed by atoms with Crippen LogP contribution in [0.15, 0.2) is 72.8 Å². The van der Waals surface area contributed by atoms with Crippen LogP contribution in [0.4, 0.5) is 0 Å². The van der Waals surface area contributed by atoms with Crippen molar-refractivity contribution in [3.8, 4) is 0 Å². The third-order valence-corrected chi connectivity index (χ3v) is 6.36. The highest BCUT2D eigenvalue weighted by atomic mass is 31.2. The predicted molar refractivity (Wildman–Crippen MR) is 111 cm³/mol. The van der Waals surface area contributed by atoms with Crippen LogP contribution in [0.2, 0.25) is 0 Å². The smallest absolute Gasteiger partial charge is 0.329 e. The van der Waals surface area contributed by atoms with E-state index in [2.05, 4.69) is 5.09 Å². The van der Waals surface area contributed by atoms with Crippen LogP contribution in [-0.2, 0) is 21.1 Å². The van der Waals surface area contributed by atoms with Crippen molar-refractivity contribution in [1.29, 1.82) is 0 Å². The Morgan fingerprint density at radius 2 is 1.64 bits per heavy atom. The van der Waals surface area contributed by atoms with E-state index < -0.39 is 19.0 Å². The average molecular weight is 397 g/mol. The Morgan fingerprint density at radius 3 is 2.29 bits per heavy atom. The van der Waals surface area contributed by atoms with E-state index in [0.29, 0.717) is 17.5 Å². The van der Waals surface area contributed by atoms with E-state index in [4.69, 9.17) is 0 Å². The Kier molecular flexibility index (Phi) is 5.99. The fourth-order valence-corrected chi connectivity index (χ4v) is 5.26. The second-order valence-corrected chi connectivity index (χ2v) is 8.92. The van der Waals surface area contributed by atoms with Crippen molar-refractivity contribution in [2.24, 2.45) is 0 Å². The normalized spacial score (nSPS) is 15.6. The van der Waals surface area contributed by atoms with Crippen LogP contribution in [0.5, 0.6) is 0 Å². The maximum atomic E-state index is 13.0. The first-order chi connectivity index (χ1) is 13.4. The van der Waals surface area contributed by atoms with E-state index in [-0.39, 0.29) is 12.6 Å². The van der Waals surface area contributed by atoms with E-state index in [1.165, 1.54) is 0 Å². The topological polar surface area (TPSA) is 86.6 Å². The van der Waals surface area contributed by atoms with Gasteiger partial charge in [-0.05, 0) is 34.4 Å². The lowest BCUT2D eigenvalue weighted by Crippen LogP contribution is -2.47. The molecule has 146 valence electrons. The zero-order valence-corrected chi connectivity index (χ0v) is 16.6. The summed E-state index contributed by atoms with van der Waals surface area (Å²) in [5, 5.41) is 14.6. The number of benzene rings is 3. The van der Waals surface area contributed by atoms with Gasteiger partial charge in [0.25, 0.3) is 7.52 Å². The quantitative estimate of drug-likeness (QED) is 0.471. The molecule has 3 aromatic rings. The molecular formula is C22H24NO4P. The molecule has 0 heterocycles. The monoisotopic (exact) mass is 397 g/mol. The van der Waals surface area contributed by atoms with Crippen LogP contribution in [0, 0.1) is 0 Å². The third kappa shape index (κ3) is 4.33. The summed E-state index contributed by atoms with van der Waals surface area (Å²) in [6.07, 6.45) is 0.595. The molecule has 0 bridgehead atoms. The van der Waals surface area contributed by atoms with Gasteiger partial charge in [0.1, 0.15) is 5.54 Å². The van der Waals surface area contributed by atoms with Crippen molar-refractivity contribution in [1.82, 2.24) is 5.09 Å². The molecule has 2 atom stereocenters. The highest BCUT2D eigenvalue weighted by Gasteiger charge is 2.44. The summed E-state index contributed by atoms with van der Waals surface area (Å²) >= 11 is 0. The number of fused-ring (bicyclic) bond motifs is 1. The van der Waals surface area contributed by atoms with Gasteiger partial charge in [-0.1, -0.05) is 80.1 Å².